The second kappa shape index (κ2) is 9.20. The molecule has 0 atom stereocenters. The highest BCUT2D eigenvalue weighted by Crippen LogP contribution is 2.19. The zero-order valence-corrected chi connectivity index (χ0v) is 16.8. The van der Waals surface area contributed by atoms with Crippen molar-refractivity contribution in [3.8, 4) is 5.75 Å². The van der Waals surface area contributed by atoms with Crippen molar-refractivity contribution in [1.82, 2.24) is 9.80 Å². The lowest BCUT2D eigenvalue weighted by molar-refractivity contribution is 0.103. The second-order valence-corrected chi connectivity index (χ2v) is 7.73. The van der Waals surface area contributed by atoms with Crippen LogP contribution in [-0.2, 0) is 13.1 Å². The monoisotopic (exact) mass is 404 g/mol. The number of benzene rings is 3. The SMILES string of the molecule is O=C(c1ccc(CN2CCN(Cc3ccccc3)CC2)cc1)c1ccc(O)c(F)c1. The molecule has 0 spiro atoms. The Hall–Kier alpha value is -3.02. The summed E-state index contributed by atoms with van der Waals surface area (Å²) in [5, 5.41) is 9.28. The van der Waals surface area contributed by atoms with Crippen molar-refractivity contribution in [2.45, 2.75) is 13.1 Å². The van der Waals surface area contributed by atoms with E-state index < -0.39 is 11.6 Å². The van der Waals surface area contributed by atoms with Gasteiger partial charge in [0.15, 0.2) is 17.3 Å². The molecule has 1 saturated heterocycles. The predicted octanol–water partition coefficient (Wildman–Crippen LogP) is 4.08. The van der Waals surface area contributed by atoms with Gasteiger partial charge in [-0.15, -0.1) is 0 Å². The molecule has 1 fully saturated rings. The Bertz CT molecular complexity index is 997. The topological polar surface area (TPSA) is 43.8 Å². The first-order valence-electron chi connectivity index (χ1n) is 10.2. The van der Waals surface area contributed by atoms with E-state index in [1.807, 2.05) is 18.2 Å². The molecule has 3 aromatic carbocycles. The first-order chi connectivity index (χ1) is 14.6. The van der Waals surface area contributed by atoms with E-state index in [0.29, 0.717) is 5.56 Å². The van der Waals surface area contributed by atoms with Crippen LogP contribution < -0.4 is 0 Å². The molecule has 5 heteroatoms. The van der Waals surface area contributed by atoms with Crippen molar-refractivity contribution >= 4 is 5.78 Å². The van der Waals surface area contributed by atoms with Gasteiger partial charge in [0.1, 0.15) is 0 Å². The fraction of sp³-hybridized carbons (Fsp3) is 0.240. The summed E-state index contributed by atoms with van der Waals surface area (Å²) >= 11 is 0. The van der Waals surface area contributed by atoms with E-state index in [0.717, 1.165) is 50.9 Å². The molecule has 0 aromatic heterocycles. The van der Waals surface area contributed by atoms with E-state index in [-0.39, 0.29) is 11.3 Å². The van der Waals surface area contributed by atoms with Crippen molar-refractivity contribution in [2.75, 3.05) is 26.2 Å². The largest absolute Gasteiger partial charge is 0.505 e. The van der Waals surface area contributed by atoms with Gasteiger partial charge in [0.05, 0.1) is 0 Å². The standard InChI is InChI=1S/C25H25FN2O2/c26-23-16-22(10-11-24(23)29)25(30)21-8-6-20(7-9-21)18-28-14-12-27(13-15-28)17-19-4-2-1-3-5-19/h1-11,16,29H,12-15,17-18H2. The van der Waals surface area contributed by atoms with Crippen LogP contribution in [0.4, 0.5) is 4.39 Å². The molecule has 0 radical (unpaired) electrons. The van der Waals surface area contributed by atoms with Crippen LogP contribution in [0.1, 0.15) is 27.0 Å². The molecule has 0 bridgehead atoms. The first kappa shape index (κ1) is 20.3. The van der Waals surface area contributed by atoms with E-state index >= 15 is 0 Å². The molecule has 0 unspecified atom stereocenters. The molecule has 154 valence electrons. The number of phenols is 1. The average molecular weight is 404 g/mol. The maximum atomic E-state index is 13.5. The number of halogens is 1. The normalized spacial score (nSPS) is 15.2. The molecule has 4 nitrogen and oxygen atoms in total. The molecule has 4 rings (SSSR count). The van der Waals surface area contributed by atoms with Crippen LogP contribution in [0.2, 0.25) is 0 Å². The van der Waals surface area contributed by atoms with Gasteiger partial charge in [-0.25, -0.2) is 4.39 Å². The van der Waals surface area contributed by atoms with Gasteiger partial charge in [-0.3, -0.25) is 14.6 Å². The number of aromatic hydroxyl groups is 1. The number of hydrogen-bond donors (Lipinski definition) is 1. The summed E-state index contributed by atoms with van der Waals surface area (Å²) in [5.74, 6) is -1.50. The third-order valence-corrected chi connectivity index (χ3v) is 5.55. The summed E-state index contributed by atoms with van der Waals surface area (Å²) in [6.45, 7) is 5.95. The Morgan fingerprint density at radius 3 is 1.87 bits per heavy atom. The number of nitrogens with zero attached hydrogens (tertiary/aromatic N) is 2. The number of carbonyl (C=O) groups is 1. The smallest absolute Gasteiger partial charge is 0.193 e. The molecular formula is C25H25FN2O2. The number of ketones is 1. The number of hydrogen-bond acceptors (Lipinski definition) is 4. The third kappa shape index (κ3) is 4.93. The van der Waals surface area contributed by atoms with Crippen molar-refractivity contribution in [3.05, 3.63) is 101 Å². The predicted molar refractivity (Wildman–Crippen MR) is 115 cm³/mol. The summed E-state index contributed by atoms with van der Waals surface area (Å²) in [5.41, 5.74) is 3.24. The quantitative estimate of drug-likeness (QED) is 0.629. The van der Waals surface area contributed by atoms with Gasteiger partial charge in [0.2, 0.25) is 0 Å². The van der Waals surface area contributed by atoms with Gasteiger partial charge >= 0.3 is 0 Å². The average Bonchev–Trinajstić information content (AvgIpc) is 2.78. The zero-order valence-electron chi connectivity index (χ0n) is 16.8. The zero-order chi connectivity index (χ0) is 20.9. The van der Waals surface area contributed by atoms with E-state index in [9.17, 15) is 14.3 Å². The lowest BCUT2D eigenvalue weighted by Crippen LogP contribution is -2.45. The highest BCUT2D eigenvalue weighted by Gasteiger charge is 2.17. The fourth-order valence-electron chi connectivity index (χ4n) is 3.78. The summed E-state index contributed by atoms with van der Waals surface area (Å²) < 4.78 is 13.5. The second-order valence-electron chi connectivity index (χ2n) is 7.73. The van der Waals surface area contributed by atoms with Crippen LogP contribution in [0.3, 0.4) is 0 Å². The van der Waals surface area contributed by atoms with Crippen LogP contribution in [0.15, 0.2) is 72.8 Å². The molecular weight excluding hydrogens is 379 g/mol. The van der Waals surface area contributed by atoms with Crippen molar-refractivity contribution < 1.29 is 14.3 Å². The van der Waals surface area contributed by atoms with Gasteiger partial charge in [-0.05, 0) is 29.3 Å². The molecule has 0 aliphatic carbocycles. The van der Waals surface area contributed by atoms with Crippen LogP contribution in [0.25, 0.3) is 0 Å². The minimum atomic E-state index is -0.788. The number of rotatable bonds is 6. The van der Waals surface area contributed by atoms with Gasteiger partial charge in [0, 0.05) is 50.4 Å². The van der Waals surface area contributed by atoms with Gasteiger partial charge in [-0.2, -0.15) is 0 Å². The number of phenolic OH excluding ortho intramolecular Hbond substituents is 1. The molecule has 1 aliphatic rings. The number of piperazine rings is 1. The van der Waals surface area contributed by atoms with Crippen LogP contribution in [0.5, 0.6) is 5.75 Å². The lowest BCUT2D eigenvalue weighted by atomic mass is 10.0. The van der Waals surface area contributed by atoms with Crippen LogP contribution in [0, 0.1) is 5.82 Å². The Labute approximate surface area is 176 Å². The summed E-state index contributed by atoms with van der Waals surface area (Å²) in [6, 6.07) is 21.7. The maximum Gasteiger partial charge on any atom is 0.193 e. The molecule has 1 N–H and O–H groups in total. The Morgan fingerprint density at radius 2 is 1.30 bits per heavy atom. The molecule has 1 aliphatic heterocycles. The maximum absolute atomic E-state index is 13.5. The minimum absolute atomic E-state index is 0.229. The van der Waals surface area contributed by atoms with Crippen LogP contribution >= 0.6 is 0 Å². The molecule has 3 aromatic rings. The Morgan fingerprint density at radius 1 is 0.767 bits per heavy atom. The molecule has 1 heterocycles. The summed E-state index contributed by atoms with van der Waals surface area (Å²) in [4.78, 5) is 17.4. The molecule has 0 amide bonds. The minimum Gasteiger partial charge on any atom is -0.505 e. The van der Waals surface area contributed by atoms with Gasteiger partial charge in [-0.1, -0.05) is 54.6 Å². The molecule has 0 saturated carbocycles. The lowest BCUT2D eigenvalue weighted by Gasteiger charge is -2.34. The van der Waals surface area contributed by atoms with Gasteiger partial charge in [0.25, 0.3) is 0 Å². The Balaban J connectivity index is 1.31. The highest BCUT2D eigenvalue weighted by molar-refractivity contribution is 6.09. The fourth-order valence-corrected chi connectivity index (χ4v) is 3.78. The number of carbonyl (C=O) groups excluding carboxylic acids is 1. The Kier molecular flexibility index (Phi) is 6.21. The summed E-state index contributed by atoms with van der Waals surface area (Å²) in [6.07, 6.45) is 0. The van der Waals surface area contributed by atoms with E-state index in [2.05, 4.69) is 34.1 Å². The highest BCUT2D eigenvalue weighted by atomic mass is 19.1. The summed E-state index contributed by atoms with van der Waals surface area (Å²) in [7, 11) is 0. The van der Waals surface area contributed by atoms with Crippen molar-refractivity contribution in [3.63, 3.8) is 0 Å². The van der Waals surface area contributed by atoms with Crippen LogP contribution in [-0.4, -0.2) is 46.9 Å². The van der Waals surface area contributed by atoms with Crippen molar-refractivity contribution in [1.29, 1.82) is 0 Å². The van der Waals surface area contributed by atoms with Gasteiger partial charge < -0.3 is 5.11 Å². The third-order valence-electron chi connectivity index (χ3n) is 5.55. The van der Waals surface area contributed by atoms with E-state index in [1.165, 1.54) is 17.7 Å². The molecule has 30 heavy (non-hydrogen) atoms. The first-order valence-corrected chi connectivity index (χ1v) is 10.2. The van der Waals surface area contributed by atoms with E-state index in [4.69, 9.17) is 0 Å². The van der Waals surface area contributed by atoms with Crippen molar-refractivity contribution in [2.24, 2.45) is 0 Å². The van der Waals surface area contributed by atoms with E-state index in [1.54, 1.807) is 12.1 Å².